The Hall–Kier alpha value is -3.59. The lowest BCUT2D eigenvalue weighted by Crippen LogP contribution is -2.39. The van der Waals surface area contributed by atoms with Crippen molar-refractivity contribution in [1.29, 1.82) is 0 Å². The third-order valence-corrected chi connectivity index (χ3v) is 8.80. The van der Waals surface area contributed by atoms with E-state index in [0.717, 1.165) is 32.4 Å². The second-order valence-electron chi connectivity index (χ2n) is 20.1. The molecule has 0 aliphatic carbocycles. The van der Waals surface area contributed by atoms with Crippen molar-refractivity contribution >= 4 is 41.2 Å². The molecule has 66 heavy (non-hydrogen) atoms. The van der Waals surface area contributed by atoms with Crippen LogP contribution in [0.1, 0.15) is 185 Å². The molecule has 6 amide bonds. The molecule has 396 valence electrons. The number of aliphatic hydroxyl groups excluding tert-OH is 2. The Kier molecular flexibility index (Phi) is 54.0. The molecule has 15 nitrogen and oxygen atoms in total. The molecular formula is C51H108N6O9. The Morgan fingerprint density at radius 2 is 0.727 bits per heavy atom. The molecule has 0 heterocycles. The normalized spacial score (nSPS) is 11.8. The molecule has 0 aromatic carbocycles. The molecule has 0 saturated heterocycles. The maximum Gasteiger partial charge on any atom is 0.222 e. The molecule has 0 spiro atoms. The number of rotatable bonds is 18. The predicted molar refractivity (Wildman–Crippen MR) is 275 cm³/mol. The number of hydrogen-bond donors (Lipinski definition) is 8. The third-order valence-electron chi connectivity index (χ3n) is 8.80. The van der Waals surface area contributed by atoms with Gasteiger partial charge in [-0.25, -0.2) is 0 Å². The fourth-order valence-electron chi connectivity index (χ4n) is 3.15. The van der Waals surface area contributed by atoms with Gasteiger partial charge in [0.05, 0.1) is 25.3 Å². The van der Waals surface area contributed by atoms with E-state index in [1.165, 1.54) is 0 Å². The van der Waals surface area contributed by atoms with Gasteiger partial charge in [0.15, 0.2) is 0 Å². The summed E-state index contributed by atoms with van der Waals surface area (Å²) in [5.74, 6) is 1.98. The number of amides is 6. The van der Waals surface area contributed by atoms with Crippen LogP contribution in [0.3, 0.4) is 0 Å². The van der Waals surface area contributed by atoms with Gasteiger partial charge in [-0.05, 0) is 44.4 Å². The van der Waals surface area contributed by atoms with E-state index in [0.29, 0.717) is 12.0 Å². The molecule has 0 rings (SSSR count). The number of carbonyl (C=O) groups is 7. The Balaban J connectivity index is -0.000000124. The zero-order valence-electron chi connectivity index (χ0n) is 47.1. The SMILES string of the molecule is CC(=O)C(C)C.CC(C)C(=O)NCC(C)(C)C.CC(C)CNC(=O)C(C)C.CCC(C)NC(=O)C(C)C.CCC(CO)NC(=O)C(C)C.CCC(CO)NC(=O)C(C)C.CNC(=O)C(C)C. The Bertz CT molecular complexity index is 1210. The van der Waals surface area contributed by atoms with Crippen molar-refractivity contribution in [2.45, 2.75) is 204 Å². The molecule has 0 aromatic heterocycles. The van der Waals surface area contributed by atoms with E-state index in [1.807, 2.05) is 118 Å². The molecule has 0 aliphatic heterocycles. The first-order valence-electron chi connectivity index (χ1n) is 24.4. The molecule has 0 bridgehead atoms. The average Bonchev–Trinajstić information content (AvgIpc) is 3.22. The Morgan fingerprint density at radius 1 is 0.439 bits per heavy atom. The summed E-state index contributed by atoms with van der Waals surface area (Å²) in [5, 5.41) is 34.1. The van der Waals surface area contributed by atoms with E-state index >= 15 is 0 Å². The first kappa shape index (κ1) is 76.7. The van der Waals surface area contributed by atoms with E-state index in [-0.39, 0.29) is 113 Å². The van der Waals surface area contributed by atoms with Crippen LogP contribution in [-0.4, -0.2) is 103 Å². The van der Waals surface area contributed by atoms with Gasteiger partial charge in [0.1, 0.15) is 5.78 Å². The molecule has 0 radical (unpaired) electrons. The van der Waals surface area contributed by atoms with Gasteiger partial charge in [0.2, 0.25) is 35.4 Å². The van der Waals surface area contributed by atoms with Crippen LogP contribution in [0.2, 0.25) is 0 Å². The largest absolute Gasteiger partial charge is 0.394 e. The van der Waals surface area contributed by atoms with Crippen LogP contribution in [0.4, 0.5) is 0 Å². The smallest absolute Gasteiger partial charge is 0.222 e. The lowest BCUT2D eigenvalue weighted by Gasteiger charge is -2.19. The molecular weight excluding hydrogens is 841 g/mol. The minimum atomic E-state index is -0.0788. The van der Waals surface area contributed by atoms with E-state index < -0.39 is 0 Å². The molecule has 0 saturated carbocycles. The van der Waals surface area contributed by atoms with Crippen molar-refractivity contribution in [1.82, 2.24) is 31.9 Å². The van der Waals surface area contributed by atoms with Crippen molar-refractivity contribution in [3.05, 3.63) is 0 Å². The first-order chi connectivity index (χ1) is 30.0. The van der Waals surface area contributed by atoms with Crippen LogP contribution in [-0.2, 0) is 33.6 Å². The monoisotopic (exact) mass is 949 g/mol. The van der Waals surface area contributed by atoms with Gasteiger partial charge in [-0.1, -0.05) is 152 Å². The average molecular weight is 949 g/mol. The fourth-order valence-corrected chi connectivity index (χ4v) is 3.15. The van der Waals surface area contributed by atoms with Crippen LogP contribution in [0.5, 0.6) is 0 Å². The quantitative estimate of drug-likeness (QED) is 0.0681. The summed E-state index contributed by atoms with van der Waals surface area (Å²) in [4.78, 5) is 75.7. The van der Waals surface area contributed by atoms with Gasteiger partial charge in [-0.2, -0.15) is 0 Å². The molecule has 3 unspecified atom stereocenters. The number of aliphatic hydroxyl groups is 2. The highest BCUT2D eigenvalue weighted by molar-refractivity contribution is 5.80. The van der Waals surface area contributed by atoms with Crippen molar-refractivity contribution in [3.63, 3.8) is 0 Å². The number of ketones is 1. The van der Waals surface area contributed by atoms with Crippen LogP contribution in [0.25, 0.3) is 0 Å². The van der Waals surface area contributed by atoms with Gasteiger partial charge in [0, 0.05) is 67.6 Å². The lowest BCUT2D eigenvalue weighted by molar-refractivity contribution is -0.125. The zero-order chi connectivity index (χ0) is 54.1. The van der Waals surface area contributed by atoms with Crippen molar-refractivity contribution in [2.24, 2.45) is 52.8 Å². The Labute approximate surface area is 405 Å². The molecule has 8 N–H and O–H groups in total. The predicted octanol–water partition coefficient (Wildman–Crippen LogP) is 7.46. The van der Waals surface area contributed by atoms with Gasteiger partial charge >= 0.3 is 0 Å². The van der Waals surface area contributed by atoms with Crippen LogP contribution in [0.15, 0.2) is 0 Å². The summed E-state index contributed by atoms with van der Waals surface area (Å²) < 4.78 is 0. The van der Waals surface area contributed by atoms with Gasteiger partial charge in [-0.3, -0.25) is 33.6 Å². The Morgan fingerprint density at radius 3 is 0.909 bits per heavy atom. The molecule has 0 aromatic rings. The summed E-state index contributed by atoms with van der Waals surface area (Å²) in [7, 11) is 1.64. The van der Waals surface area contributed by atoms with Gasteiger partial charge in [0.25, 0.3) is 0 Å². The summed E-state index contributed by atoms with van der Waals surface area (Å²) >= 11 is 0. The highest BCUT2D eigenvalue weighted by Crippen LogP contribution is 2.10. The maximum atomic E-state index is 11.1. The highest BCUT2D eigenvalue weighted by Gasteiger charge is 2.14. The standard InChI is InChI=1S/C9H19NO.2C8H17NO2.2C8H17NO.C5H11NO.C5H10O/c1-7(2)8(11)10-6-9(3,4)5;2*1-4-7(5-10)9-8(11)6(2)3;1-6(2)5-9-8(10)7(3)4;1-5-7(4)9-8(10)6(2)3;1-4(2)5(7)6-3;1-4(2)5(3)6/h7H,6H2,1-5H3,(H,10,11);2*6-7,10H,4-5H2,1-3H3,(H,9,11);2*6-7H,5H2,1-4H3,(H,9,10);4H,1-3H3,(H,6,7);4H,1-3H3. The molecule has 0 fully saturated rings. The van der Waals surface area contributed by atoms with Crippen molar-refractivity contribution in [3.8, 4) is 0 Å². The first-order valence-corrected chi connectivity index (χ1v) is 24.4. The van der Waals surface area contributed by atoms with Gasteiger partial charge < -0.3 is 42.1 Å². The number of nitrogens with one attached hydrogen (secondary N) is 6. The third kappa shape index (κ3) is 60.4. The van der Waals surface area contributed by atoms with E-state index in [9.17, 15) is 33.6 Å². The van der Waals surface area contributed by atoms with E-state index in [2.05, 4.69) is 73.4 Å². The second kappa shape index (κ2) is 46.5. The summed E-state index contributed by atoms with van der Waals surface area (Å²) in [6.07, 6.45) is 2.54. The van der Waals surface area contributed by atoms with Crippen LogP contribution in [0, 0.1) is 52.8 Å². The highest BCUT2D eigenvalue weighted by atomic mass is 16.3. The summed E-state index contributed by atoms with van der Waals surface area (Å²) in [6, 6.07) is 0.157. The number of carbonyl (C=O) groups excluding carboxylic acids is 7. The maximum absolute atomic E-state index is 11.1. The summed E-state index contributed by atoms with van der Waals surface area (Å²) in [6.45, 7) is 47.8. The van der Waals surface area contributed by atoms with Crippen LogP contribution < -0.4 is 31.9 Å². The minimum Gasteiger partial charge on any atom is -0.394 e. The fraction of sp³-hybridized carbons (Fsp3) is 0.863. The molecule has 15 heteroatoms. The summed E-state index contributed by atoms with van der Waals surface area (Å²) in [5.41, 5.74) is 0.185. The van der Waals surface area contributed by atoms with Crippen molar-refractivity contribution < 1.29 is 43.8 Å². The molecule has 3 atom stereocenters. The van der Waals surface area contributed by atoms with Gasteiger partial charge in [-0.15, -0.1) is 0 Å². The second-order valence-corrected chi connectivity index (χ2v) is 20.1. The van der Waals surface area contributed by atoms with E-state index in [1.54, 1.807) is 14.0 Å². The lowest BCUT2D eigenvalue weighted by atomic mass is 9.97. The van der Waals surface area contributed by atoms with E-state index in [4.69, 9.17) is 10.2 Å². The zero-order valence-corrected chi connectivity index (χ0v) is 47.1. The number of Topliss-reactive ketones (excluding diaryl/α,β-unsaturated/α-hetero) is 1. The molecule has 0 aliphatic rings. The van der Waals surface area contributed by atoms with Crippen LogP contribution >= 0.6 is 0 Å². The minimum absolute atomic E-state index is 0.00407. The number of hydrogen-bond acceptors (Lipinski definition) is 9. The van der Waals surface area contributed by atoms with Crippen molar-refractivity contribution in [2.75, 3.05) is 33.4 Å². The topological polar surface area (TPSA) is 232 Å².